The van der Waals surface area contributed by atoms with Crippen LogP contribution in [0.15, 0.2) is 103 Å². The van der Waals surface area contributed by atoms with Gasteiger partial charge in [0.05, 0.1) is 22.1 Å². The van der Waals surface area contributed by atoms with Gasteiger partial charge in [0, 0.05) is 27.8 Å². The van der Waals surface area contributed by atoms with Crippen molar-refractivity contribution < 1.29 is 4.57 Å². The molecule has 2 heterocycles. The number of aryl methyl sites for hydroxylation is 2. The van der Waals surface area contributed by atoms with E-state index in [1.807, 2.05) is 0 Å². The van der Waals surface area contributed by atoms with Gasteiger partial charge in [0.2, 0.25) is 5.69 Å². The lowest BCUT2D eigenvalue weighted by molar-refractivity contribution is -0.659. The Morgan fingerprint density at radius 1 is 0.581 bits per heavy atom. The van der Waals surface area contributed by atoms with E-state index in [2.05, 4.69) is 126 Å². The number of aromatic nitrogens is 2. The quantitative estimate of drug-likeness (QED) is 0.285. The van der Waals surface area contributed by atoms with Crippen LogP contribution in [0.2, 0.25) is 0 Å². The Balaban J connectivity index is 1.76. The highest BCUT2D eigenvalue weighted by Gasteiger charge is 2.20. The van der Waals surface area contributed by atoms with Gasteiger partial charge < -0.3 is 4.57 Å². The zero-order chi connectivity index (χ0) is 20.9. The molecule has 0 radical (unpaired) electrons. The van der Waals surface area contributed by atoms with E-state index in [4.69, 9.17) is 0 Å². The van der Waals surface area contributed by atoms with Crippen LogP contribution in [0.1, 0.15) is 5.56 Å². The second kappa shape index (κ2) is 6.82. The lowest BCUT2D eigenvalue weighted by Crippen LogP contribution is -2.30. The molecule has 0 amide bonds. The Morgan fingerprint density at radius 3 is 1.90 bits per heavy atom. The molecule has 0 aliphatic rings. The maximum Gasteiger partial charge on any atom is 0.220 e. The van der Waals surface area contributed by atoms with Crippen molar-refractivity contribution in [3.8, 4) is 16.9 Å². The van der Waals surface area contributed by atoms with Crippen molar-refractivity contribution in [3.05, 3.63) is 109 Å². The van der Waals surface area contributed by atoms with E-state index >= 15 is 0 Å². The van der Waals surface area contributed by atoms with Crippen LogP contribution in [0.3, 0.4) is 0 Å². The first-order valence-corrected chi connectivity index (χ1v) is 10.7. The molecule has 0 saturated carbocycles. The molecule has 0 unspecified atom stereocenters. The van der Waals surface area contributed by atoms with E-state index in [1.54, 1.807) is 0 Å². The molecule has 148 valence electrons. The van der Waals surface area contributed by atoms with Crippen LogP contribution in [-0.2, 0) is 7.05 Å². The van der Waals surface area contributed by atoms with Crippen molar-refractivity contribution in [2.45, 2.75) is 6.92 Å². The van der Waals surface area contributed by atoms with Crippen LogP contribution >= 0.6 is 0 Å². The van der Waals surface area contributed by atoms with Crippen molar-refractivity contribution in [2.24, 2.45) is 7.05 Å². The molecule has 6 aromatic rings. The van der Waals surface area contributed by atoms with Gasteiger partial charge in [0.25, 0.3) is 0 Å². The molecule has 0 aliphatic carbocycles. The zero-order valence-electron chi connectivity index (χ0n) is 17.7. The SMILES string of the molecule is Cc1ccccc1-c1c2cccc(-n3c4ccccc4c4ccccc43)c2cc[n+]1C. The Labute approximate surface area is 181 Å². The molecule has 2 aromatic heterocycles. The van der Waals surface area contributed by atoms with Crippen molar-refractivity contribution in [1.82, 2.24) is 4.57 Å². The third-order valence-electron chi connectivity index (χ3n) is 6.38. The molecule has 6 rings (SSSR count). The number of benzene rings is 4. The van der Waals surface area contributed by atoms with Gasteiger partial charge in [0.15, 0.2) is 6.20 Å². The number of fused-ring (bicyclic) bond motifs is 4. The summed E-state index contributed by atoms with van der Waals surface area (Å²) in [6.07, 6.45) is 2.18. The summed E-state index contributed by atoms with van der Waals surface area (Å²) >= 11 is 0. The normalized spacial score (nSPS) is 11.5. The van der Waals surface area contributed by atoms with Gasteiger partial charge in [-0.05, 0) is 42.8 Å². The molecule has 0 fully saturated rings. The van der Waals surface area contributed by atoms with E-state index in [-0.39, 0.29) is 0 Å². The van der Waals surface area contributed by atoms with E-state index in [1.165, 1.54) is 55.1 Å². The molecule has 2 nitrogen and oxygen atoms in total. The molecule has 0 bridgehead atoms. The molecule has 4 aromatic carbocycles. The fraction of sp³-hybridized carbons (Fsp3) is 0.0690. The van der Waals surface area contributed by atoms with E-state index in [9.17, 15) is 0 Å². The molecule has 0 atom stereocenters. The number of rotatable bonds is 2. The average Bonchev–Trinajstić information content (AvgIpc) is 3.14. The van der Waals surface area contributed by atoms with Gasteiger partial charge in [-0.15, -0.1) is 0 Å². The van der Waals surface area contributed by atoms with Gasteiger partial charge >= 0.3 is 0 Å². The van der Waals surface area contributed by atoms with Gasteiger partial charge in [-0.3, -0.25) is 0 Å². The third kappa shape index (κ3) is 2.62. The molecule has 2 heteroatoms. The highest BCUT2D eigenvalue weighted by Crippen LogP contribution is 2.36. The fourth-order valence-corrected chi connectivity index (χ4v) is 4.94. The summed E-state index contributed by atoms with van der Waals surface area (Å²) in [4.78, 5) is 0. The number of nitrogens with zero attached hydrogens (tertiary/aromatic N) is 2. The largest absolute Gasteiger partial charge is 0.309 e. The van der Waals surface area contributed by atoms with Crippen LogP contribution < -0.4 is 4.57 Å². The zero-order valence-corrected chi connectivity index (χ0v) is 17.7. The summed E-state index contributed by atoms with van der Waals surface area (Å²) in [5.41, 5.74) is 7.50. The van der Waals surface area contributed by atoms with Crippen LogP contribution in [0.5, 0.6) is 0 Å². The standard InChI is InChI=1S/C29H23N2/c1-20-10-3-4-11-21(20)29-25-14-9-17-28(24(25)18-19-30(29)2)31-26-15-7-5-12-22(26)23-13-6-8-16-27(23)31/h3-19H,1-2H3/q+1. The Morgan fingerprint density at radius 2 is 1.19 bits per heavy atom. The predicted octanol–water partition coefficient (Wildman–Crippen LogP) is 6.74. The van der Waals surface area contributed by atoms with Gasteiger partial charge in [-0.1, -0.05) is 60.7 Å². The molecular formula is C29H23N2+. The maximum atomic E-state index is 2.41. The summed E-state index contributed by atoms with van der Waals surface area (Å²) in [6, 6.07) is 34.9. The monoisotopic (exact) mass is 399 g/mol. The lowest BCUT2D eigenvalue weighted by Gasteiger charge is -2.13. The number of hydrogen-bond acceptors (Lipinski definition) is 0. The van der Waals surface area contributed by atoms with Crippen molar-refractivity contribution in [1.29, 1.82) is 0 Å². The van der Waals surface area contributed by atoms with E-state index in [0.29, 0.717) is 0 Å². The molecule has 0 spiro atoms. The topological polar surface area (TPSA) is 8.81 Å². The van der Waals surface area contributed by atoms with Gasteiger partial charge in [-0.25, -0.2) is 4.57 Å². The summed E-state index contributed by atoms with van der Waals surface area (Å²) in [5.74, 6) is 0. The molecule has 0 aliphatic heterocycles. The summed E-state index contributed by atoms with van der Waals surface area (Å²) < 4.78 is 4.65. The Kier molecular flexibility index (Phi) is 3.94. The summed E-state index contributed by atoms with van der Waals surface area (Å²) in [5, 5.41) is 5.09. The minimum absolute atomic E-state index is 1.21. The first-order valence-electron chi connectivity index (χ1n) is 10.7. The summed E-state index contributed by atoms with van der Waals surface area (Å²) in [7, 11) is 2.13. The first kappa shape index (κ1) is 17.9. The fourth-order valence-electron chi connectivity index (χ4n) is 4.94. The van der Waals surface area contributed by atoms with Crippen molar-refractivity contribution in [3.63, 3.8) is 0 Å². The Bertz CT molecular complexity index is 1550. The molecule has 31 heavy (non-hydrogen) atoms. The van der Waals surface area contributed by atoms with Crippen LogP contribution in [0.4, 0.5) is 0 Å². The third-order valence-corrected chi connectivity index (χ3v) is 6.38. The predicted molar refractivity (Wildman–Crippen MR) is 130 cm³/mol. The van der Waals surface area contributed by atoms with Crippen molar-refractivity contribution >= 4 is 32.6 Å². The number of pyridine rings is 1. The lowest BCUT2D eigenvalue weighted by atomic mass is 9.99. The maximum absolute atomic E-state index is 2.41. The minimum atomic E-state index is 1.21. The van der Waals surface area contributed by atoms with Crippen LogP contribution in [-0.4, -0.2) is 4.57 Å². The number of para-hydroxylation sites is 2. The smallest absolute Gasteiger partial charge is 0.220 e. The van der Waals surface area contributed by atoms with E-state index in [0.717, 1.165) is 0 Å². The highest BCUT2D eigenvalue weighted by molar-refractivity contribution is 6.11. The minimum Gasteiger partial charge on any atom is -0.309 e. The van der Waals surface area contributed by atoms with Crippen LogP contribution in [0.25, 0.3) is 49.5 Å². The average molecular weight is 400 g/mol. The highest BCUT2D eigenvalue weighted by atomic mass is 15.0. The van der Waals surface area contributed by atoms with Crippen molar-refractivity contribution in [2.75, 3.05) is 0 Å². The second-order valence-electron chi connectivity index (χ2n) is 8.20. The first-order chi connectivity index (χ1) is 15.2. The van der Waals surface area contributed by atoms with Gasteiger partial charge in [0.1, 0.15) is 7.05 Å². The van der Waals surface area contributed by atoms with Gasteiger partial charge in [-0.2, -0.15) is 0 Å². The van der Waals surface area contributed by atoms with Crippen LogP contribution in [0, 0.1) is 6.92 Å². The molecule has 0 saturated heterocycles. The van der Waals surface area contributed by atoms with E-state index < -0.39 is 0 Å². The molecular weight excluding hydrogens is 376 g/mol. The Hall–Kier alpha value is -3.91. The number of hydrogen-bond donors (Lipinski definition) is 0. The molecule has 0 N–H and O–H groups in total. The summed E-state index contributed by atoms with van der Waals surface area (Å²) in [6.45, 7) is 2.19. The second-order valence-corrected chi connectivity index (χ2v) is 8.20.